The van der Waals surface area contributed by atoms with E-state index >= 15 is 0 Å². The second kappa shape index (κ2) is 6.45. The van der Waals surface area contributed by atoms with Crippen LogP contribution in [0.1, 0.15) is 15.2 Å². The summed E-state index contributed by atoms with van der Waals surface area (Å²) in [5, 5.41) is 0. The molecule has 0 fully saturated rings. The first-order valence-corrected chi connectivity index (χ1v) is 7.70. The molecule has 3 nitrogen and oxygen atoms in total. The lowest BCUT2D eigenvalue weighted by atomic mass is 9.99. The van der Waals surface area contributed by atoms with E-state index in [1.54, 1.807) is 6.07 Å². The summed E-state index contributed by atoms with van der Waals surface area (Å²) in [6.45, 7) is 0. The maximum absolute atomic E-state index is 13.1. The fraction of sp³-hybridized carbons (Fsp3) is 0.0588. The molecule has 1 aromatic heterocycles. The van der Waals surface area contributed by atoms with Crippen LogP contribution in [0.4, 0.5) is 13.2 Å². The predicted molar refractivity (Wildman–Crippen MR) is 84.0 cm³/mol. The van der Waals surface area contributed by atoms with Crippen molar-refractivity contribution in [3.8, 4) is 16.9 Å². The summed E-state index contributed by atoms with van der Waals surface area (Å²) in [5.41, 5.74) is 1.26. The summed E-state index contributed by atoms with van der Waals surface area (Å²) in [7, 11) is 0. The van der Waals surface area contributed by atoms with Crippen molar-refractivity contribution in [2.24, 2.45) is 0 Å². The number of alkyl halides is 3. The van der Waals surface area contributed by atoms with Gasteiger partial charge in [0.15, 0.2) is 0 Å². The van der Waals surface area contributed by atoms with Gasteiger partial charge in [0.05, 0.1) is 17.3 Å². The first kappa shape index (κ1) is 16.2. The number of hydrogen-bond donors (Lipinski definition) is 0. The predicted octanol–water partition coefficient (Wildman–Crippen LogP) is 5.05. The van der Waals surface area contributed by atoms with Crippen molar-refractivity contribution in [1.29, 1.82) is 0 Å². The lowest BCUT2D eigenvalue weighted by Crippen LogP contribution is -2.07. The quantitative estimate of drug-likeness (QED) is 0.491. The average molecular weight is 349 g/mol. The molecule has 0 N–H and O–H groups in total. The molecule has 1 heterocycles. The van der Waals surface area contributed by atoms with E-state index in [2.05, 4.69) is 4.98 Å². The minimum absolute atomic E-state index is 0.0744. The van der Waals surface area contributed by atoms with Gasteiger partial charge >= 0.3 is 12.1 Å². The molecule has 0 atom stereocenters. The number of nitrogens with zero attached hydrogens (tertiary/aromatic N) is 1. The largest absolute Gasteiger partial charge is 0.422 e. The lowest BCUT2D eigenvalue weighted by molar-refractivity contribution is -0.137. The van der Waals surface area contributed by atoms with Crippen molar-refractivity contribution in [3.63, 3.8) is 0 Å². The van der Waals surface area contributed by atoms with Crippen LogP contribution in [0.3, 0.4) is 0 Å². The Hall–Kier alpha value is -2.67. The topological polar surface area (TPSA) is 39.2 Å². The van der Waals surface area contributed by atoms with Gasteiger partial charge in [-0.15, -0.1) is 11.3 Å². The molecule has 0 saturated heterocycles. The molecule has 122 valence electrons. The van der Waals surface area contributed by atoms with Crippen LogP contribution in [-0.4, -0.2) is 11.0 Å². The van der Waals surface area contributed by atoms with E-state index in [1.807, 2.05) is 0 Å². The fourth-order valence-corrected chi connectivity index (χ4v) is 2.65. The summed E-state index contributed by atoms with van der Waals surface area (Å²) in [6, 6.07) is 11.2. The minimum atomic E-state index is -4.44. The monoisotopic (exact) mass is 349 g/mol. The van der Waals surface area contributed by atoms with Crippen LogP contribution in [0.2, 0.25) is 0 Å². The van der Waals surface area contributed by atoms with Gasteiger partial charge in [0.25, 0.3) is 0 Å². The van der Waals surface area contributed by atoms with Crippen LogP contribution < -0.4 is 4.74 Å². The van der Waals surface area contributed by atoms with E-state index in [1.165, 1.54) is 48.1 Å². The molecule has 0 amide bonds. The highest BCUT2D eigenvalue weighted by Gasteiger charge is 2.33. The van der Waals surface area contributed by atoms with Gasteiger partial charge in [-0.2, -0.15) is 13.2 Å². The van der Waals surface area contributed by atoms with Gasteiger partial charge in [-0.3, -0.25) is 4.98 Å². The van der Waals surface area contributed by atoms with E-state index in [4.69, 9.17) is 4.74 Å². The van der Waals surface area contributed by atoms with E-state index in [0.717, 1.165) is 17.4 Å². The van der Waals surface area contributed by atoms with Gasteiger partial charge in [0.1, 0.15) is 10.6 Å². The number of thiazole rings is 1. The van der Waals surface area contributed by atoms with Gasteiger partial charge in [0.2, 0.25) is 0 Å². The molecule has 3 aromatic rings. The molecule has 0 unspecified atom stereocenters. The van der Waals surface area contributed by atoms with Gasteiger partial charge < -0.3 is 4.74 Å². The van der Waals surface area contributed by atoms with Crippen molar-refractivity contribution in [3.05, 3.63) is 70.7 Å². The van der Waals surface area contributed by atoms with Crippen molar-refractivity contribution >= 4 is 17.3 Å². The Morgan fingerprint density at radius 3 is 2.38 bits per heavy atom. The van der Waals surface area contributed by atoms with E-state index in [9.17, 15) is 18.0 Å². The Kier molecular flexibility index (Phi) is 4.35. The van der Waals surface area contributed by atoms with E-state index < -0.39 is 17.7 Å². The second-order valence-corrected chi connectivity index (χ2v) is 5.71. The smallest absolute Gasteiger partial charge is 0.417 e. The maximum Gasteiger partial charge on any atom is 0.417 e. The number of esters is 1. The molecule has 24 heavy (non-hydrogen) atoms. The van der Waals surface area contributed by atoms with E-state index in [0.29, 0.717) is 10.4 Å². The first-order valence-electron chi connectivity index (χ1n) is 6.82. The van der Waals surface area contributed by atoms with Crippen molar-refractivity contribution < 1.29 is 22.7 Å². The fourth-order valence-electron chi connectivity index (χ4n) is 2.16. The molecular weight excluding hydrogens is 339 g/mol. The molecule has 0 aliphatic carbocycles. The number of aromatic nitrogens is 1. The number of carbonyl (C=O) groups is 1. The van der Waals surface area contributed by atoms with Crippen molar-refractivity contribution in [2.45, 2.75) is 6.18 Å². The van der Waals surface area contributed by atoms with E-state index in [-0.39, 0.29) is 11.3 Å². The molecular formula is C17H10F3NO2S. The SMILES string of the molecule is O=C(Oc1ccc(-c2ccccc2C(F)(F)F)cc1)c1cncs1. The molecule has 0 radical (unpaired) electrons. The third kappa shape index (κ3) is 3.46. The van der Waals surface area contributed by atoms with Gasteiger partial charge in [-0.1, -0.05) is 30.3 Å². The molecule has 2 aromatic carbocycles. The molecule has 0 bridgehead atoms. The molecule has 7 heteroatoms. The normalized spacial score (nSPS) is 11.3. The molecule has 0 spiro atoms. The highest BCUT2D eigenvalue weighted by Crippen LogP contribution is 2.37. The Balaban J connectivity index is 1.84. The average Bonchev–Trinajstić information content (AvgIpc) is 3.09. The highest BCUT2D eigenvalue weighted by molar-refractivity contribution is 7.11. The Bertz CT molecular complexity index is 843. The summed E-state index contributed by atoms with van der Waals surface area (Å²) < 4.78 is 44.4. The number of halogens is 3. The number of carbonyl (C=O) groups excluding carboxylic acids is 1. The van der Waals surface area contributed by atoms with Crippen LogP contribution in [-0.2, 0) is 6.18 Å². The summed E-state index contributed by atoms with van der Waals surface area (Å²) in [4.78, 5) is 15.9. The molecule has 0 saturated carbocycles. The second-order valence-electron chi connectivity index (χ2n) is 4.82. The summed E-state index contributed by atoms with van der Waals surface area (Å²) in [6.07, 6.45) is -3.05. The third-order valence-corrected chi connectivity index (χ3v) is 3.99. The minimum Gasteiger partial charge on any atom is -0.422 e. The maximum atomic E-state index is 13.1. The third-order valence-electron chi connectivity index (χ3n) is 3.24. The van der Waals surface area contributed by atoms with Gasteiger partial charge in [-0.05, 0) is 29.3 Å². The number of benzene rings is 2. The van der Waals surface area contributed by atoms with Crippen LogP contribution in [0.5, 0.6) is 5.75 Å². The van der Waals surface area contributed by atoms with Gasteiger partial charge in [-0.25, -0.2) is 4.79 Å². The Morgan fingerprint density at radius 2 is 1.75 bits per heavy atom. The van der Waals surface area contributed by atoms with Crippen molar-refractivity contribution in [2.75, 3.05) is 0 Å². The summed E-state index contributed by atoms with van der Waals surface area (Å²) >= 11 is 1.14. The zero-order chi connectivity index (χ0) is 17.2. The number of hydrogen-bond acceptors (Lipinski definition) is 4. The Labute approximate surface area is 139 Å². The summed E-state index contributed by atoms with van der Waals surface area (Å²) in [5.74, 6) is -0.303. The first-order chi connectivity index (χ1) is 11.4. The van der Waals surface area contributed by atoms with Crippen LogP contribution in [0.15, 0.2) is 60.2 Å². The Morgan fingerprint density at radius 1 is 1.04 bits per heavy atom. The number of ether oxygens (including phenoxy) is 1. The standard InChI is InChI=1S/C17H10F3NO2S/c18-17(19,20)14-4-2-1-3-13(14)11-5-7-12(8-6-11)23-16(22)15-9-21-10-24-15/h1-10H. The zero-order valence-corrected chi connectivity index (χ0v) is 12.9. The number of rotatable bonds is 3. The molecule has 0 aliphatic rings. The lowest BCUT2D eigenvalue weighted by Gasteiger charge is -2.13. The van der Waals surface area contributed by atoms with Crippen LogP contribution >= 0.6 is 11.3 Å². The van der Waals surface area contributed by atoms with Crippen LogP contribution in [0.25, 0.3) is 11.1 Å². The van der Waals surface area contributed by atoms with Crippen molar-refractivity contribution in [1.82, 2.24) is 4.98 Å². The zero-order valence-electron chi connectivity index (χ0n) is 12.1. The molecule has 3 rings (SSSR count). The highest BCUT2D eigenvalue weighted by atomic mass is 32.1. The molecule has 0 aliphatic heterocycles. The van der Waals surface area contributed by atoms with Crippen LogP contribution in [0, 0.1) is 0 Å². The van der Waals surface area contributed by atoms with Gasteiger partial charge in [0, 0.05) is 0 Å².